The molecule has 0 fully saturated rings. The molecule has 1 nitrogen and oxygen atoms in total. The van der Waals surface area contributed by atoms with E-state index in [1.807, 2.05) is 31.2 Å². The average molecular weight is 195 g/mol. The van der Waals surface area contributed by atoms with Gasteiger partial charge in [-0.1, -0.05) is 0 Å². The van der Waals surface area contributed by atoms with Gasteiger partial charge in [0.2, 0.25) is 0 Å². The zero-order chi connectivity index (χ0) is 7.56. The van der Waals surface area contributed by atoms with E-state index in [9.17, 15) is 4.79 Å². The van der Waals surface area contributed by atoms with Crippen LogP contribution in [0, 0.1) is 6.92 Å². The fourth-order valence-corrected chi connectivity index (χ4v) is 1.49. The van der Waals surface area contributed by atoms with Crippen LogP contribution in [0.2, 0.25) is 0 Å². The van der Waals surface area contributed by atoms with Gasteiger partial charge >= 0.3 is 68.2 Å². The summed E-state index contributed by atoms with van der Waals surface area (Å²) in [7, 11) is 0. The quantitative estimate of drug-likeness (QED) is 0.596. The summed E-state index contributed by atoms with van der Waals surface area (Å²) in [5.74, 6) is 0. The van der Waals surface area contributed by atoms with E-state index < -0.39 is 0 Å². The Kier molecular flexibility index (Phi) is 2.27. The first-order chi connectivity index (χ1) is 4.70. The molecule has 0 aromatic heterocycles. The van der Waals surface area contributed by atoms with E-state index in [1.165, 1.54) is 5.56 Å². The number of carbonyl (C=O) groups excluding carboxylic acids is 1. The molecule has 0 N–H and O–H groups in total. The zero-order valence-electron chi connectivity index (χ0n) is 6.22. The fourth-order valence-electron chi connectivity index (χ4n) is 0.788. The van der Waals surface area contributed by atoms with Crippen LogP contribution in [0.3, 0.4) is 0 Å². The first kappa shape index (κ1) is 7.54. The molecule has 0 unspecified atom stereocenters. The van der Waals surface area contributed by atoms with Crippen molar-refractivity contribution in [1.82, 2.24) is 0 Å². The normalized spacial score (nSPS) is 9.70. The molecule has 0 aliphatic rings. The van der Waals surface area contributed by atoms with Crippen molar-refractivity contribution in [2.24, 2.45) is 0 Å². The van der Waals surface area contributed by atoms with E-state index in [-0.39, 0.29) is 16.5 Å². The topological polar surface area (TPSA) is 17.1 Å². The Morgan fingerprint density at radius 2 is 1.80 bits per heavy atom. The van der Waals surface area contributed by atoms with Gasteiger partial charge in [0, 0.05) is 0 Å². The maximum absolute atomic E-state index is 10.8. The third kappa shape index (κ3) is 1.70. The van der Waals surface area contributed by atoms with E-state index in [1.54, 1.807) is 0 Å². The number of hydrogen-bond acceptors (Lipinski definition) is 1. The molecule has 0 radical (unpaired) electrons. The van der Waals surface area contributed by atoms with Gasteiger partial charge < -0.3 is 0 Å². The van der Waals surface area contributed by atoms with Crippen LogP contribution < -0.4 is 0 Å². The molecule has 0 aliphatic carbocycles. The number of hydrogen-bond donors (Lipinski definition) is 0. The molecule has 0 saturated carbocycles. The Labute approximate surface area is 68.7 Å². The second kappa shape index (κ2) is 3.01. The van der Waals surface area contributed by atoms with Crippen molar-refractivity contribution in [1.29, 1.82) is 0 Å². The van der Waals surface area contributed by atoms with Crippen LogP contribution in [0.5, 0.6) is 0 Å². The van der Waals surface area contributed by atoms with Crippen LogP contribution in [-0.2, 0) is 0 Å². The standard InChI is InChI=1S/C8H10GeO/c1-6-2-4-7(5-3-6)8(9)10/h2-5H,1,9H3. The molecule has 0 saturated heterocycles. The van der Waals surface area contributed by atoms with Crippen molar-refractivity contribution in [3.05, 3.63) is 35.4 Å². The van der Waals surface area contributed by atoms with Crippen molar-refractivity contribution in [2.45, 2.75) is 6.92 Å². The third-order valence-corrected chi connectivity index (χ3v) is 2.67. The summed E-state index contributed by atoms with van der Waals surface area (Å²) in [4.78, 5) is 10.8. The molecule has 0 spiro atoms. The second-order valence-corrected chi connectivity index (χ2v) is 4.33. The predicted molar refractivity (Wildman–Crippen MR) is 45.4 cm³/mol. The van der Waals surface area contributed by atoms with E-state index in [0.29, 0.717) is 4.62 Å². The van der Waals surface area contributed by atoms with E-state index in [4.69, 9.17) is 0 Å². The summed E-state index contributed by atoms with van der Waals surface area (Å²) in [6.45, 7) is 2.02. The minimum atomic E-state index is 0.280. The SMILES string of the molecule is Cc1ccc([C](=O)[GeH3])cc1. The molecule has 2 heteroatoms. The summed E-state index contributed by atoms with van der Waals surface area (Å²) >= 11 is 0.280. The van der Waals surface area contributed by atoms with Crippen LogP contribution in [0.4, 0.5) is 0 Å². The van der Waals surface area contributed by atoms with E-state index >= 15 is 0 Å². The Morgan fingerprint density at radius 3 is 2.20 bits per heavy atom. The molecular weight excluding hydrogens is 185 g/mol. The fraction of sp³-hybridized carbons (Fsp3) is 0.125. The Balaban J connectivity index is 3.00. The molecule has 0 amide bonds. The first-order valence-corrected chi connectivity index (χ1v) is 5.37. The summed E-state index contributed by atoms with van der Waals surface area (Å²) in [5, 5.41) is 0. The molecule has 0 aliphatic heterocycles. The van der Waals surface area contributed by atoms with Crippen LogP contribution in [0.25, 0.3) is 0 Å². The van der Waals surface area contributed by atoms with Crippen molar-refractivity contribution in [2.75, 3.05) is 0 Å². The molecule has 1 aromatic carbocycles. The van der Waals surface area contributed by atoms with Crippen molar-refractivity contribution >= 4 is 21.1 Å². The molecule has 1 aromatic rings. The summed E-state index contributed by atoms with van der Waals surface area (Å²) in [6, 6.07) is 7.73. The first-order valence-electron chi connectivity index (χ1n) is 3.28. The summed E-state index contributed by atoms with van der Waals surface area (Å²) in [5.41, 5.74) is 2.07. The maximum atomic E-state index is 10.8. The van der Waals surface area contributed by atoms with E-state index in [2.05, 4.69) is 0 Å². The van der Waals surface area contributed by atoms with Gasteiger partial charge in [-0.15, -0.1) is 0 Å². The zero-order valence-corrected chi connectivity index (χ0v) is 10.4. The number of benzene rings is 1. The number of rotatable bonds is 1. The average Bonchev–Trinajstić information content (AvgIpc) is 1.88. The molecule has 0 heterocycles. The number of aryl methyl sites for hydroxylation is 1. The summed E-state index contributed by atoms with van der Waals surface area (Å²) < 4.78 is 0.313. The van der Waals surface area contributed by atoms with Crippen LogP contribution >= 0.6 is 0 Å². The van der Waals surface area contributed by atoms with Gasteiger partial charge in [-0.05, 0) is 0 Å². The Hall–Kier alpha value is -0.567. The second-order valence-electron chi connectivity index (χ2n) is 2.42. The van der Waals surface area contributed by atoms with Gasteiger partial charge in [0.25, 0.3) is 0 Å². The molecule has 10 heavy (non-hydrogen) atoms. The number of carbonyl (C=O) groups is 1. The minimum absolute atomic E-state index is 0.280. The Bertz CT molecular complexity index is 238. The predicted octanol–water partition coefficient (Wildman–Crippen LogP) is 0.501. The van der Waals surface area contributed by atoms with E-state index in [0.717, 1.165) is 5.56 Å². The molecular formula is C8H10GeO. The Morgan fingerprint density at radius 1 is 1.30 bits per heavy atom. The van der Waals surface area contributed by atoms with Crippen molar-refractivity contribution in [3.63, 3.8) is 0 Å². The molecule has 52 valence electrons. The molecule has 1 rings (SSSR count). The molecule has 0 atom stereocenters. The van der Waals surface area contributed by atoms with Gasteiger partial charge in [-0.25, -0.2) is 0 Å². The van der Waals surface area contributed by atoms with Crippen LogP contribution in [0.1, 0.15) is 15.9 Å². The van der Waals surface area contributed by atoms with Gasteiger partial charge in [0.05, 0.1) is 0 Å². The van der Waals surface area contributed by atoms with Gasteiger partial charge in [-0.3, -0.25) is 0 Å². The van der Waals surface area contributed by atoms with Crippen LogP contribution in [-0.4, -0.2) is 21.1 Å². The third-order valence-electron chi connectivity index (χ3n) is 1.46. The van der Waals surface area contributed by atoms with Gasteiger partial charge in [0.15, 0.2) is 0 Å². The van der Waals surface area contributed by atoms with Crippen LogP contribution in [0.15, 0.2) is 24.3 Å². The summed E-state index contributed by atoms with van der Waals surface area (Å²) in [6.07, 6.45) is 0. The van der Waals surface area contributed by atoms with Crippen molar-refractivity contribution < 1.29 is 4.79 Å². The molecule has 0 bridgehead atoms. The van der Waals surface area contributed by atoms with Gasteiger partial charge in [0.1, 0.15) is 0 Å². The monoisotopic (exact) mass is 196 g/mol. The van der Waals surface area contributed by atoms with Gasteiger partial charge in [-0.2, -0.15) is 0 Å². The van der Waals surface area contributed by atoms with Crippen molar-refractivity contribution in [3.8, 4) is 0 Å².